The number of nitro groups is 1. The van der Waals surface area contributed by atoms with Crippen LogP contribution >= 0.6 is 0 Å². The van der Waals surface area contributed by atoms with Crippen LogP contribution in [0.15, 0.2) is 48.8 Å². The second-order valence-corrected chi connectivity index (χ2v) is 6.59. The maximum Gasteiger partial charge on any atom is 0.373 e. The van der Waals surface area contributed by atoms with Crippen LogP contribution in [0.1, 0.15) is 25.7 Å². The molecule has 7 nitrogen and oxygen atoms in total. The Morgan fingerprint density at radius 3 is 2.48 bits per heavy atom. The standard InChI is InChI=1S/C20H20N4O3/c25-24(26)18-19(23-12-5-1-2-6-13-23)21-14-22-20(18)27-17-11-7-9-15-8-3-4-10-16(15)17/h3-4,7-11,14H,1-2,5-6,12-13H2. The molecule has 1 saturated heterocycles. The summed E-state index contributed by atoms with van der Waals surface area (Å²) >= 11 is 0. The van der Waals surface area contributed by atoms with Crippen LogP contribution in [0.2, 0.25) is 0 Å². The summed E-state index contributed by atoms with van der Waals surface area (Å²) in [6.45, 7) is 1.51. The van der Waals surface area contributed by atoms with Gasteiger partial charge in [0.25, 0.3) is 0 Å². The molecule has 27 heavy (non-hydrogen) atoms. The van der Waals surface area contributed by atoms with Gasteiger partial charge in [0.2, 0.25) is 5.82 Å². The van der Waals surface area contributed by atoms with Gasteiger partial charge in [-0.3, -0.25) is 10.1 Å². The van der Waals surface area contributed by atoms with Crippen LogP contribution < -0.4 is 9.64 Å². The van der Waals surface area contributed by atoms with Crippen molar-refractivity contribution in [1.82, 2.24) is 9.97 Å². The first-order valence-corrected chi connectivity index (χ1v) is 9.14. The van der Waals surface area contributed by atoms with E-state index < -0.39 is 4.92 Å². The molecule has 1 aliphatic heterocycles. The molecule has 2 heterocycles. The molecule has 0 spiro atoms. The fourth-order valence-corrected chi connectivity index (χ4v) is 3.49. The predicted octanol–water partition coefficient (Wildman–Crippen LogP) is 4.71. The van der Waals surface area contributed by atoms with Crippen molar-refractivity contribution in [3.8, 4) is 11.6 Å². The number of ether oxygens (including phenoxy) is 1. The van der Waals surface area contributed by atoms with E-state index >= 15 is 0 Å². The van der Waals surface area contributed by atoms with Crippen LogP contribution in [0, 0.1) is 10.1 Å². The van der Waals surface area contributed by atoms with Gasteiger partial charge in [0.05, 0.1) is 4.92 Å². The highest BCUT2D eigenvalue weighted by Gasteiger charge is 2.29. The zero-order valence-corrected chi connectivity index (χ0v) is 14.9. The van der Waals surface area contributed by atoms with Gasteiger partial charge in [-0.1, -0.05) is 49.2 Å². The molecule has 1 aliphatic rings. The van der Waals surface area contributed by atoms with Gasteiger partial charge in [0, 0.05) is 18.5 Å². The zero-order chi connectivity index (χ0) is 18.6. The van der Waals surface area contributed by atoms with Crippen LogP contribution in [-0.2, 0) is 0 Å². The minimum Gasteiger partial charge on any atom is -0.433 e. The molecule has 0 radical (unpaired) electrons. The van der Waals surface area contributed by atoms with Crippen molar-refractivity contribution in [2.45, 2.75) is 25.7 Å². The van der Waals surface area contributed by atoms with Crippen molar-refractivity contribution < 1.29 is 9.66 Å². The summed E-state index contributed by atoms with van der Waals surface area (Å²) in [6.07, 6.45) is 5.61. The lowest BCUT2D eigenvalue weighted by Gasteiger charge is -2.21. The Morgan fingerprint density at radius 2 is 1.70 bits per heavy atom. The van der Waals surface area contributed by atoms with E-state index in [9.17, 15) is 10.1 Å². The molecule has 0 saturated carbocycles. The highest BCUT2D eigenvalue weighted by Crippen LogP contribution is 2.38. The predicted molar refractivity (Wildman–Crippen MR) is 103 cm³/mol. The molecule has 2 aromatic carbocycles. The van der Waals surface area contributed by atoms with E-state index in [2.05, 4.69) is 9.97 Å². The number of anilines is 1. The summed E-state index contributed by atoms with van der Waals surface area (Å²) in [4.78, 5) is 21.7. The van der Waals surface area contributed by atoms with Crippen molar-refractivity contribution in [1.29, 1.82) is 0 Å². The zero-order valence-electron chi connectivity index (χ0n) is 14.9. The fourth-order valence-electron chi connectivity index (χ4n) is 3.49. The van der Waals surface area contributed by atoms with Gasteiger partial charge < -0.3 is 9.64 Å². The molecule has 4 rings (SSSR count). The van der Waals surface area contributed by atoms with Gasteiger partial charge in [0.15, 0.2) is 0 Å². The summed E-state index contributed by atoms with van der Waals surface area (Å²) in [5, 5.41) is 13.7. The number of aromatic nitrogens is 2. The molecule has 0 bridgehead atoms. The number of fused-ring (bicyclic) bond motifs is 1. The minimum atomic E-state index is -0.444. The molecule has 0 atom stereocenters. The lowest BCUT2D eigenvalue weighted by Crippen LogP contribution is -2.26. The monoisotopic (exact) mass is 364 g/mol. The average molecular weight is 364 g/mol. The van der Waals surface area contributed by atoms with E-state index in [-0.39, 0.29) is 11.6 Å². The van der Waals surface area contributed by atoms with Gasteiger partial charge >= 0.3 is 11.6 Å². The largest absolute Gasteiger partial charge is 0.433 e. The van der Waals surface area contributed by atoms with Crippen LogP contribution in [0.4, 0.5) is 11.5 Å². The third-order valence-corrected chi connectivity index (χ3v) is 4.81. The minimum absolute atomic E-state index is 0.0226. The number of hydrogen-bond donors (Lipinski definition) is 0. The fraction of sp³-hybridized carbons (Fsp3) is 0.300. The lowest BCUT2D eigenvalue weighted by molar-refractivity contribution is -0.385. The number of benzene rings is 2. The van der Waals surface area contributed by atoms with E-state index in [1.54, 1.807) is 6.07 Å². The molecule has 0 N–H and O–H groups in total. The van der Waals surface area contributed by atoms with Gasteiger partial charge in [-0.2, -0.15) is 4.98 Å². The van der Waals surface area contributed by atoms with E-state index in [1.165, 1.54) is 6.33 Å². The van der Waals surface area contributed by atoms with Gasteiger partial charge in [-0.25, -0.2) is 4.98 Å². The van der Waals surface area contributed by atoms with Crippen LogP contribution in [0.25, 0.3) is 10.8 Å². The van der Waals surface area contributed by atoms with Crippen molar-refractivity contribution in [3.05, 3.63) is 58.9 Å². The van der Waals surface area contributed by atoms with Crippen LogP contribution in [0.5, 0.6) is 11.6 Å². The van der Waals surface area contributed by atoms with E-state index in [0.29, 0.717) is 11.6 Å². The molecule has 3 aromatic rings. The van der Waals surface area contributed by atoms with E-state index in [4.69, 9.17) is 4.74 Å². The number of nitrogens with zero attached hydrogens (tertiary/aromatic N) is 4. The second-order valence-electron chi connectivity index (χ2n) is 6.59. The summed E-state index contributed by atoms with van der Waals surface area (Å²) in [7, 11) is 0. The molecule has 0 amide bonds. The Hall–Kier alpha value is -3.22. The maximum absolute atomic E-state index is 11.8. The van der Waals surface area contributed by atoms with Crippen molar-refractivity contribution in [3.63, 3.8) is 0 Å². The maximum atomic E-state index is 11.8. The summed E-state index contributed by atoms with van der Waals surface area (Å²) in [6, 6.07) is 13.4. The Morgan fingerprint density at radius 1 is 0.963 bits per heavy atom. The van der Waals surface area contributed by atoms with Gasteiger partial charge in [0.1, 0.15) is 12.1 Å². The van der Waals surface area contributed by atoms with Crippen molar-refractivity contribution in [2.24, 2.45) is 0 Å². The smallest absolute Gasteiger partial charge is 0.373 e. The lowest BCUT2D eigenvalue weighted by atomic mass is 10.1. The molecule has 1 aromatic heterocycles. The van der Waals surface area contributed by atoms with E-state index in [1.807, 2.05) is 41.3 Å². The summed E-state index contributed by atoms with van der Waals surface area (Å²) in [5.41, 5.74) is -0.174. The first kappa shape index (κ1) is 17.2. The van der Waals surface area contributed by atoms with Crippen molar-refractivity contribution in [2.75, 3.05) is 18.0 Å². The summed E-state index contributed by atoms with van der Waals surface area (Å²) < 4.78 is 5.93. The van der Waals surface area contributed by atoms with Crippen molar-refractivity contribution >= 4 is 22.3 Å². The highest BCUT2D eigenvalue weighted by molar-refractivity contribution is 5.88. The molecule has 0 aliphatic carbocycles. The highest BCUT2D eigenvalue weighted by atomic mass is 16.6. The van der Waals surface area contributed by atoms with Gasteiger partial charge in [-0.05, 0) is 24.3 Å². The Kier molecular flexibility index (Phi) is 4.82. The third-order valence-electron chi connectivity index (χ3n) is 4.81. The quantitative estimate of drug-likeness (QED) is 0.492. The molecular formula is C20H20N4O3. The molecular weight excluding hydrogens is 344 g/mol. The van der Waals surface area contributed by atoms with Gasteiger partial charge in [-0.15, -0.1) is 0 Å². The number of hydrogen-bond acceptors (Lipinski definition) is 6. The Labute approximate surface area is 156 Å². The average Bonchev–Trinajstić information content (AvgIpc) is 2.97. The first-order chi connectivity index (χ1) is 13.2. The molecule has 138 valence electrons. The number of rotatable bonds is 4. The topological polar surface area (TPSA) is 81.4 Å². The van der Waals surface area contributed by atoms with E-state index in [0.717, 1.165) is 49.5 Å². The Bertz CT molecular complexity index is 963. The van der Waals surface area contributed by atoms with Crippen LogP contribution in [-0.4, -0.2) is 28.0 Å². The first-order valence-electron chi connectivity index (χ1n) is 9.14. The molecule has 1 fully saturated rings. The SMILES string of the molecule is O=[N+]([O-])c1c(Oc2cccc3ccccc23)ncnc1N1CCCCCC1. The normalized spacial score (nSPS) is 14.7. The third kappa shape index (κ3) is 3.53. The second kappa shape index (κ2) is 7.57. The summed E-state index contributed by atoms with van der Waals surface area (Å²) in [5.74, 6) is 0.856. The van der Waals surface area contributed by atoms with Crippen LogP contribution in [0.3, 0.4) is 0 Å². The Balaban J connectivity index is 1.76. The molecule has 7 heteroatoms. The molecule has 0 unspecified atom stereocenters.